The summed E-state index contributed by atoms with van der Waals surface area (Å²) in [6.45, 7) is 5.43. The maximum absolute atomic E-state index is 6.43. The largest absolute Gasteiger partial charge is 0.496 e. The lowest BCUT2D eigenvalue weighted by atomic mass is 9.94. The zero-order valence-corrected chi connectivity index (χ0v) is 12.9. The van der Waals surface area contributed by atoms with Crippen molar-refractivity contribution in [3.63, 3.8) is 0 Å². The van der Waals surface area contributed by atoms with Crippen molar-refractivity contribution in [2.75, 3.05) is 13.7 Å². The predicted molar refractivity (Wildman–Crippen MR) is 81.4 cm³/mol. The summed E-state index contributed by atoms with van der Waals surface area (Å²) >= 11 is 6.43. The lowest BCUT2D eigenvalue weighted by Gasteiger charge is -2.24. The highest BCUT2D eigenvalue weighted by atomic mass is 35.5. The summed E-state index contributed by atoms with van der Waals surface area (Å²) in [4.78, 5) is 0. The molecule has 0 amide bonds. The number of piperidine rings is 1. The van der Waals surface area contributed by atoms with Crippen LogP contribution >= 0.6 is 11.6 Å². The molecule has 1 aromatic carbocycles. The van der Waals surface area contributed by atoms with Gasteiger partial charge in [-0.25, -0.2) is 0 Å². The van der Waals surface area contributed by atoms with Gasteiger partial charge in [0.1, 0.15) is 5.75 Å². The van der Waals surface area contributed by atoms with Crippen LogP contribution in [0.3, 0.4) is 0 Å². The molecule has 1 aliphatic rings. The van der Waals surface area contributed by atoms with E-state index in [1.807, 2.05) is 0 Å². The molecule has 1 unspecified atom stereocenters. The molecule has 19 heavy (non-hydrogen) atoms. The summed E-state index contributed by atoms with van der Waals surface area (Å²) < 4.78 is 5.51. The molecule has 1 aliphatic heterocycles. The first kappa shape index (κ1) is 14.7. The van der Waals surface area contributed by atoms with E-state index < -0.39 is 0 Å². The topological polar surface area (TPSA) is 21.3 Å². The Morgan fingerprint density at radius 1 is 1.37 bits per heavy atom. The summed E-state index contributed by atoms with van der Waals surface area (Å²) in [5.41, 5.74) is 2.38. The number of nitrogens with one attached hydrogen (secondary N) is 1. The molecule has 3 heteroatoms. The molecule has 1 aromatic rings. The quantitative estimate of drug-likeness (QED) is 0.895. The molecule has 0 spiro atoms. The second kappa shape index (κ2) is 6.62. The van der Waals surface area contributed by atoms with Crippen LogP contribution in [0, 0.1) is 0 Å². The third kappa shape index (κ3) is 3.64. The zero-order chi connectivity index (χ0) is 13.8. The van der Waals surface area contributed by atoms with Crippen molar-refractivity contribution in [1.82, 2.24) is 5.32 Å². The van der Waals surface area contributed by atoms with E-state index in [9.17, 15) is 0 Å². The Morgan fingerprint density at radius 2 is 2.16 bits per heavy atom. The number of ether oxygens (including phenoxy) is 1. The standard InChI is InChI=1S/C16H24ClNO/c1-11(2)16-14(17)9-12(10-15(16)19-3)8-13-6-4-5-7-18-13/h9-11,13,18H,4-8H2,1-3H3. The number of benzene rings is 1. The maximum Gasteiger partial charge on any atom is 0.124 e. The van der Waals surface area contributed by atoms with Gasteiger partial charge in [0.05, 0.1) is 7.11 Å². The number of hydrogen-bond acceptors (Lipinski definition) is 2. The third-order valence-corrected chi connectivity index (χ3v) is 4.16. The molecule has 2 nitrogen and oxygen atoms in total. The Balaban J connectivity index is 2.19. The summed E-state index contributed by atoms with van der Waals surface area (Å²) in [5.74, 6) is 1.30. The van der Waals surface area contributed by atoms with Gasteiger partial charge in [-0.3, -0.25) is 0 Å². The van der Waals surface area contributed by atoms with Crippen LogP contribution in [-0.4, -0.2) is 19.7 Å². The highest BCUT2D eigenvalue weighted by Crippen LogP contribution is 2.35. The lowest BCUT2D eigenvalue weighted by molar-refractivity contribution is 0.394. The van der Waals surface area contributed by atoms with E-state index in [2.05, 4.69) is 31.3 Å². The number of rotatable bonds is 4. The van der Waals surface area contributed by atoms with Gasteiger partial charge in [0.15, 0.2) is 0 Å². The van der Waals surface area contributed by atoms with E-state index >= 15 is 0 Å². The molecule has 0 radical (unpaired) electrons. The summed E-state index contributed by atoms with van der Waals surface area (Å²) in [5, 5.41) is 4.41. The summed E-state index contributed by atoms with van der Waals surface area (Å²) in [6.07, 6.45) is 4.92. The van der Waals surface area contributed by atoms with Crippen LogP contribution in [0.25, 0.3) is 0 Å². The average molecular weight is 282 g/mol. The smallest absolute Gasteiger partial charge is 0.124 e. The van der Waals surface area contributed by atoms with Crippen molar-refractivity contribution >= 4 is 11.6 Å². The molecule has 106 valence electrons. The SMILES string of the molecule is COc1cc(CC2CCCCN2)cc(Cl)c1C(C)C. The van der Waals surface area contributed by atoms with Gasteiger partial charge in [0.2, 0.25) is 0 Å². The van der Waals surface area contributed by atoms with Crippen molar-refractivity contribution < 1.29 is 4.74 Å². The van der Waals surface area contributed by atoms with E-state index in [4.69, 9.17) is 16.3 Å². The number of halogens is 1. The predicted octanol–water partition coefficient (Wildman–Crippen LogP) is 4.16. The van der Waals surface area contributed by atoms with E-state index in [1.54, 1.807) is 7.11 Å². The van der Waals surface area contributed by atoms with E-state index in [0.717, 1.165) is 29.3 Å². The van der Waals surface area contributed by atoms with Crippen LogP contribution in [0.5, 0.6) is 5.75 Å². The van der Waals surface area contributed by atoms with E-state index in [-0.39, 0.29) is 0 Å². The molecule has 1 heterocycles. The summed E-state index contributed by atoms with van der Waals surface area (Å²) in [7, 11) is 1.72. The van der Waals surface area contributed by atoms with Gasteiger partial charge in [-0.05, 0) is 49.4 Å². The Kier molecular flexibility index (Phi) is 5.12. The summed E-state index contributed by atoms with van der Waals surface area (Å²) in [6, 6.07) is 4.84. The lowest BCUT2D eigenvalue weighted by Crippen LogP contribution is -2.35. The van der Waals surface area contributed by atoms with Gasteiger partial charge < -0.3 is 10.1 Å². The van der Waals surface area contributed by atoms with Crippen molar-refractivity contribution in [2.45, 2.75) is 51.5 Å². The van der Waals surface area contributed by atoms with Crippen LogP contribution in [-0.2, 0) is 6.42 Å². The molecular formula is C16H24ClNO. The second-order valence-corrected chi connectivity index (χ2v) is 6.11. The minimum Gasteiger partial charge on any atom is -0.496 e. The van der Waals surface area contributed by atoms with Gasteiger partial charge in [-0.2, -0.15) is 0 Å². The first-order valence-corrected chi connectivity index (χ1v) is 7.59. The number of hydrogen-bond donors (Lipinski definition) is 1. The number of methoxy groups -OCH3 is 1. The van der Waals surface area contributed by atoms with Crippen molar-refractivity contribution in [3.05, 3.63) is 28.3 Å². The van der Waals surface area contributed by atoms with Crippen LogP contribution in [0.4, 0.5) is 0 Å². The monoisotopic (exact) mass is 281 g/mol. The Bertz CT molecular complexity index is 425. The first-order valence-electron chi connectivity index (χ1n) is 7.21. The van der Waals surface area contributed by atoms with E-state index in [1.165, 1.54) is 24.8 Å². The Hall–Kier alpha value is -0.730. The fourth-order valence-electron chi connectivity index (χ4n) is 2.88. The minimum absolute atomic E-state index is 0.379. The molecular weight excluding hydrogens is 258 g/mol. The molecule has 0 saturated carbocycles. The molecule has 1 fully saturated rings. The van der Waals surface area contributed by atoms with Crippen LogP contribution < -0.4 is 10.1 Å². The van der Waals surface area contributed by atoms with Gasteiger partial charge in [-0.15, -0.1) is 0 Å². The molecule has 0 aliphatic carbocycles. The van der Waals surface area contributed by atoms with Crippen molar-refractivity contribution in [2.24, 2.45) is 0 Å². The molecule has 0 aromatic heterocycles. The first-order chi connectivity index (χ1) is 9.11. The normalized spacial score (nSPS) is 19.7. The van der Waals surface area contributed by atoms with Gasteiger partial charge in [0, 0.05) is 16.6 Å². The van der Waals surface area contributed by atoms with E-state index in [0.29, 0.717) is 12.0 Å². The molecule has 0 bridgehead atoms. The maximum atomic E-state index is 6.43. The van der Waals surface area contributed by atoms with Crippen molar-refractivity contribution in [3.8, 4) is 5.75 Å². The third-order valence-electron chi connectivity index (χ3n) is 3.84. The van der Waals surface area contributed by atoms with Gasteiger partial charge >= 0.3 is 0 Å². The van der Waals surface area contributed by atoms with Crippen LogP contribution in [0.2, 0.25) is 5.02 Å². The molecule has 2 rings (SSSR count). The van der Waals surface area contributed by atoms with Crippen molar-refractivity contribution in [1.29, 1.82) is 0 Å². The van der Waals surface area contributed by atoms with Gasteiger partial charge in [-0.1, -0.05) is 31.9 Å². The highest BCUT2D eigenvalue weighted by molar-refractivity contribution is 6.31. The molecule has 1 N–H and O–H groups in total. The van der Waals surface area contributed by atoms with Crippen LogP contribution in [0.1, 0.15) is 50.2 Å². The molecule has 1 atom stereocenters. The fraction of sp³-hybridized carbons (Fsp3) is 0.625. The fourth-order valence-corrected chi connectivity index (χ4v) is 3.33. The minimum atomic E-state index is 0.379. The van der Waals surface area contributed by atoms with Crippen LogP contribution in [0.15, 0.2) is 12.1 Å². The average Bonchev–Trinajstić information content (AvgIpc) is 2.38. The molecule has 1 saturated heterocycles. The Labute approximate surface area is 121 Å². The Morgan fingerprint density at radius 3 is 2.74 bits per heavy atom. The zero-order valence-electron chi connectivity index (χ0n) is 12.1. The van der Waals surface area contributed by atoms with Gasteiger partial charge in [0.25, 0.3) is 0 Å². The highest BCUT2D eigenvalue weighted by Gasteiger charge is 2.17. The second-order valence-electron chi connectivity index (χ2n) is 5.70.